The molecule has 1 aromatic carbocycles. The summed E-state index contributed by atoms with van der Waals surface area (Å²) in [4.78, 5) is 2.50. The monoisotopic (exact) mass is 271 g/mol. The van der Waals surface area contributed by atoms with E-state index in [4.69, 9.17) is 4.52 Å². The van der Waals surface area contributed by atoms with Crippen LogP contribution >= 0.6 is 0 Å². The molecule has 2 heterocycles. The van der Waals surface area contributed by atoms with E-state index in [1.54, 1.807) is 0 Å². The van der Waals surface area contributed by atoms with Gasteiger partial charge in [-0.2, -0.15) is 0 Å². The lowest BCUT2D eigenvalue weighted by Crippen LogP contribution is -2.26. The van der Waals surface area contributed by atoms with Gasteiger partial charge in [0.1, 0.15) is 0 Å². The second kappa shape index (κ2) is 6.20. The molecule has 0 radical (unpaired) electrons. The molecule has 0 aliphatic carbocycles. The first-order valence-electron chi connectivity index (χ1n) is 7.24. The van der Waals surface area contributed by atoms with Crippen LogP contribution in [0.1, 0.15) is 22.6 Å². The Hall–Kier alpha value is -1.65. The highest BCUT2D eigenvalue weighted by Crippen LogP contribution is 2.20. The average Bonchev–Trinajstić information content (AvgIpc) is 2.74. The summed E-state index contributed by atoms with van der Waals surface area (Å²) in [6.45, 7) is 3.90. The summed E-state index contributed by atoms with van der Waals surface area (Å²) in [6, 6.07) is 10.7. The zero-order chi connectivity index (χ0) is 13.8. The van der Waals surface area contributed by atoms with Crippen molar-refractivity contribution in [1.29, 1.82) is 0 Å². The number of fused-ring (bicyclic) bond motifs is 1. The van der Waals surface area contributed by atoms with Crippen LogP contribution in [0, 0.1) is 0 Å². The van der Waals surface area contributed by atoms with Crippen molar-refractivity contribution >= 4 is 0 Å². The third-order valence-electron chi connectivity index (χ3n) is 3.88. The molecule has 0 saturated heterocycles. The fourth-order valence-corrected chi connectivity index (χ4v) is 2.81. The first kappa shape index (κ1) is 13.3. The molecule has 3 rings (SSSR count). The number of aromatic nitrogens is 1. The van der Waals surface area contributed by atoms with Gasteiger partial charge < -0.3 is 9.84 Å². The standard InChI is InChI=1S/C16H21N3O/c1-17-11-16-14-7-9-19(10-8-15(14)18-20-16)12-13-5-3-2-4-6-13/h2-6,17H,7-12H2,1H3. The molecule has 1 aromatic heterocycles. The molecule has 1 N–H and O–H groups in total. The van der Waals surface area contributed by atoms with Crippen molar-refractivity contribution in [3.63, 3.8) is 0 Å². The minimum Gasteiger partial charge on any atom is -0.359 e. The Morgan fingerprint density at radius 2 is 2.00 bits per heavy atom. The summed E-state index contributed by atoms with van der Waals surface area (Å²) < 4.78 is 5.44. The van der Waals surface area contributed by atoms with E-state index < -0.39 is 0 Å². The zero-order valence-corrected chi connectivity index (χ0v) is 11.9. The Kier molecular flexibility index (Phi) is 4.14. The minimum atomic E-state index is 0.765. The lowest BCUT2D eigenvalue weighted by Gasteiger charge is -2.19. The smallest absolute Gasteiger partial charge is 0.153 e. The van der Waals surface area contributed by atoms with Crippen LogP contribution in [-0.2, 0) is 25.9 Å². The second-order valence-corrected chi connectivity index (χ2v) is 5.32. The Morgan fingerprint density at radius 1 is 1.20 bits per heavy atom. The molecule has 1 aliphatic heterocycles. The van der Waals surface area contributed by atoms with Crippen LogP contribution in [0.3, 0.4) is 0 Å². The van der Waals surface area contributed by atoms with Crippen LogP contribution in [0.5, 0.6) is 0 Å². The van der Waals surface area contributed by atoms with Crippen molar-refractivity contribution in [3.8, 4) is 0 Å². The van der Waals surface area contributed by atoms with E-state index in [9.17, 15) is 0 Å². The lowest BCUT2D eigenvalue weighted by atomic mass is 10.1. The third-order valence-corrected chi connectivity index (χ3v) is 3.88. The van der Waals surface area contributed by atoms with E-state index in [2.05, 4.69) is 45.7 Å². The van der Waals surface area contributed by atoms with Gasteiger partial charge in [0, 0.05) is 31.6 Å². The van der Waals surface area contributed by atoms with Gasteiger partial charge in [0.2, 0.25) is 0 Å². The van der Waals surface area contributed by atoms with E-state index in [1.807, 2.05) is 7.05 Å². The summed E-state index contributed by atoms with van der Waals surface area (Å²) in [5.74, 6) is 1.00. The highest BCUT2D eigenvalue weighted by molar-refractivity contribution is 5.25. The molecule has 0 bridgehead atoms. The molecule has 4 heteroatoms. The molecule has 0 unspecified atom stereocenters. The zero-order valence-electron chi connectivity index (χ0n) is 11.9. The molecule has 1 aliphatic rings. The molecule has 0 saturated carbocycles. The van der Waals surface area contributed by atoms with Gasteiger partial charge in [-0.15, -0.1) is 0 Å². The van der Waals surface area contributed by atoms with Crippen molar-refractivity contribution in [2.75, 3.05) is 20.1 Å². The predicted octanol–water partition coefficient (Wildman–Crippen LogP) is 1.99. The maximum absolute atomic E-state index is 5.44. The highest BCUT2D eigenvalue weighted by Gasteiger charge is 2.20. The van der Waals surface area contributed by atoms with Gasteiger partial charge >= 0.3 is 0 Å². The van der Waals surface area contributed by atoms with E-state index in [-0.39, 0.29) is 0 Å². The molecule has 0 fully saturated rings. The SMILES string of the molecule is CNCc1onc2c1CCN(Cc1ccccc1)CC2. The molecule has 0 atom stereocenters. The van der Waals surface area contributed by atoms with Crippen LogP contribution < -0.4 is 5.32 Å². The number of nitrogens with zero attached hydrogens (tertiary/aromatic N) is 2. The quantitative estimate of drug-likeness (QED) is 0.923. The topological polar surface area (TPSA) is 41.3 Å². The maximum Gasteiger partial charge on any atom is 0.153 e. The van der Waals surface area contributed by atoms with E-state index in [0.29, 0.717) is 0 Å². The van der Waals surface area contributed by atoms with Gasteiger partial charge in [0.05, 0.1) is 12.2 Å². The third kappa shape index (κ3) is 2.92. The van der Waals surface area contributed by atoms with Crippen LogP contribution in [0.4, 0.5) is 0 Å². The number of nitrogens with one attached hydrogen (secondary N) is 1. The first-order valence-corrected chi connectivity index (χ1v) is 7.24. The average molecular weight is 271 g/mol. The van der Waals surface area contributed by atoms with Gasteiger partial charge in [0.15, 0.2) is 5.76 Å². The minimum absolute atomic E-state index is 0.765. The fourth-order valence-electron chi connectivity index (χ4n) is 2.81. The predicted molar refractivity (Wildman–Crippen MR) is 78.4 cm³/mol. The molecule has 4 nitrogen and oxygen atoms in total. The summed E-state index contributed by atoms with van der Waals surface area (Å²) >= 11 is 0. The molecule has 0 spiro atoms. The van der Waals surface area contributed by atoms with Crippen LogP contribution in [0.2, 0.25) is 0 Å². The summed E-state index contributed by atoms with van der Waals surface area (Å²) in [6.07, 6.45) is 2.01. The van der Waals surface area contributed by atoms with Gasteiger partial charge in [0.25, 0.3) is 0 Å². The number of hydrogen-bond donors (Lipinski definition) is 1. The summed E-state index contributed by atoms with van der Waals surface area (Å²) in [5, 5.41) is 7.38. The maximum atomic E-state index is 5.44. The largest absolute Gasteiger partial charge is 0.359 e. The fraction of sp³-hybridized carbons (Fsp3) is 0.438. The van der Waals surface area contributed by atoms with Crippen molar-refractivity contribution in [3.05, 3.63) is 52.9 Å². The Morgan fingerprint density at radius 3 is 2.80 bits per heavy atom. The molecular formula is C16H21N3O. The Bertz CT molecular complexity index is 550. The molecule has 0 amide bonds. The second-order valence-electron chi connectivity index (χ2n) is 5.32. The molecule has 2 aromatic rings. The van der Waals surface area contributed by atoms with Crippen molar-refractivity contribution in [2.24, 2.45) is 0 Å². The van der Waals surface area contributed by atoms with Gasteiger partial charge in [-0.1, -0.05) is 35.5 Å². The molecular weight excluding hydrogens is 250 g/mol. The summed E-state index contributed by atoms with van der Waals surface area (Å²) in [5.41, 5.74) is 3.84. The van der Waals surface area contributed by atoms with Crippen molar-refractivity contribution < 1.29 is 4.52 Å². The van der Waals surface area contributed by atoms with Crippen LogP contribution in [0.15, 0.2) is 34.9 Å². The van der Waals surface area contributed by atoms with Crippen molar-refractivity contribution in [1.82, 2.24) is 15.4 Å². The van der Waals surface area contributed by atoms with Gasteiger partial charge in [-0.25, -0.2) is 0 Å². The van der Waals surface area contributed by atoms with Crippen molar-refractivity contribution in [2.45, 2.75) is 25.9 Å². The molecule has 20 heavy (non-hydrogen) atoms. The number of rotatable bonds is 4. The summed E-state index contributed by atoms with van der Waals surface area (Å²) in [7, 11) is 1.94. The lowest BCUT2D eigenvalue weighted by molar-refractivity contribution is 0.273. The Balaban J connectivity index is 1.67. The Labute approximate surface area is 119 Å². The van der Waals surface area contributed by atoms with Gasteiger partial charge in [-0.05, 0) is 19.0 Å². The number of benzene rings is 1. The van der Waals surface area contributed by atoms with Crippen LogP contribution in [-0.4, -0.2) is 30.2 Å². The van der Waals surface area contributed by atoms with Crippen LogP contribution in [0.25, 0.3) is 0 Å². The van der Waals surface area contributed by atoms with E-state index in [0.717, 1.165) is 50.5 Å². The molecule has 106 valence electrons. The van der Waals surface area contributed by atoms with Gasteiger partial charge in [-0.3, -0.25) is 4.90 Å². The number of hydrogen-bond acceptors (Lipinski definition) is 4. The highest BCUT2D eigenvalue weighted by atomic mass is 16.5. The normalized spacial score (nSPS) is 15.8. The first-order chi connectivity index (χ1) is 9.86. The van der Waals surface area contributed by atoms with E-state index >= 15 is 0 Å². The van der Waals surface area contributed by atoms with E-state index in [1.165, 1.54) is 11.1 Å².